The summed E-state index contributed by atoms with van der Waals surface area (Å²) in [6.07, 6.45) is 5.96. The number of carbonyl (C=O) groups excluding carboxylic acids is 1. The number of alkyl halides is 3. The van der Waals surface area contributed by atoms with E-state index in [1.807, 2.05) is 6.92 Å². The van der Waals surface area contributed by atoms with Crippen molar-refractivity contribution in [2.75, 3.05) is 0 Å². The van der Waals surface area contributed by atoms with E-state index in [4.69, 9.17) is 0 Å². The Balaban J connectivity index is 1.65. The van der Waals surface area contributed by atoms with E-state index in [0.717, 1.165) is 30.9 Å². The summed E-state index contributed by atoms with van der Waals surface area (Å²) in [5.74, 6) is 1.03. The molecule has 0 aliphatic heterocycles. The van der Waals surface area contributed by atoms with E-state index < -0.39 is 26.7 Å². The van der Waals surface area contributed by atoms with Crippen LogP contribution < -0.4 is 0 Å². The lowest BCUT2D eigenvalue weighted by Crippen LogP contribution is -2.48. The Morgan fingerprint density at radius 1 is 1.19 bits per heavy atom. The van der Waals surface area contributed by atoms with Crippen molar-refractivity contribution in [1.29, 1.82) is 0 Å². The van der Waals surface area contributed by atoms with Gasteiger partial charge in [-0.2, -0.15) is 13.2 Å². The minimum atomic E-state index is -5.72. The molecule has 0 aromatic heterocycles. The predicted octanol–water partition coefficient (Wildman–Crippen LogP) is 3.67. The molecule has 1 N–H and O–H groups in total. The zero-order valence-corrected chi connectivity index (χ0v) is 15.9. The summed E-state index contributed by atoms with van der Waals surface area (Å²) in [5.41, 5.74) is -4.39. The van der Waals surface area contributed by atoms with Crippen molar-refractivity contribution in [2.45, 2.75) is 62.3 Å². The highest BCUT2D eigenvalue weighted by molar-refractivity contribution is 7.93. The molecule has 5 atom stereocenters. The zero-order chi connectivity index (χ0) is 19.8. The lowest BCUT2D eigenvalue weighted by molar-refractivity contribution is -0.129. The molecule has 3 saturated carbocycles. The summed E-state index contributed by atoms with van der Waals surface area (Å²) in [4.78, 5) is 9.42. The molecule has 0 radical (unpaired) electrons. The molecule has 0 aromatic rings. The van der Waals surface area contributed by atoms with Gasteiger partial charge in [-0.3, -0.25) is 4.79 Å². The fraction of sp³-hybridized carbons (Fsp3) is 0.737. The molecule has 0 bridgehead atoms. The average Bonchev–Trinajstić information content (AvgIpc) is 2.88. The zero-order valence-electron chi connectivity index (χ0n) is 15.1. The van der Waals surface area contributed by atoms with Crippen LogP contribution in [0.25, 0.3) is 0 Å². The summed E-state index contributed by atoms with van der Waals surface area (Å²) in [7, 11) is -5.72. The van der Waals surface area contributed by atoms with Crippen LogP contribution in [0.5, 0.6) is 0 Å². The number of ketones is 1. The van der Waals surface area contributed by atoms with Crippen LogP contribution in [-0.2, 0) is 14.6 Å². The SMILES string of the molecule is C[C@]12CC[C@@H]3C4=CCC(O)(S(=O)(=O)C(F)(F)F)C=C4CC[C@H]3[C@@H]1CCC2=O. The third-order valence-electron chi connectivity index (χ3n) is 7.45. The number of Topliss-reactive ketones (excluding diaryl/α,β-unsaturated/α-hetero) is 1. The van der Waals surface area contributed by atoms with Crippen LogP contribution in [0.2, 0.25) is 0 Å². The van der Waals surface area contributed by atoms with E-state index in [1.54, 1.807) is 0 Å². The number of sulfone groups is 1. The normalized spacial score (nSPS) is 42.0. The molecule has 150 valence electrons. The van der Waals surface area contributed by atoms with E-state index in [9.17, 15) is 31.5 Å². The van der Waals surface area contributed by atoms with Gasteiger partial charge in [-0.25, -0.2) is 8.42 Å². The van der Waals surface area contributed by atoms with E-state index in [1.165, 1.54) is 6.08 Å². The number of carbonyl (C=O) groups is 1. The number of rotatable bonds is 1. The maximum Gasteiger partial charge on any atom is 0.500 e. The van der Waals surface area contributed by atoms with Crippen molar-refractivity contribution < 1.29 is 31.5 Å². The lowest BCUT2D eigenvalue weighted by atomic mass is 9.54. The Labute approximate surface area is 156 Å². The van der Waals surface area contributed by atoms with Crippen LogP contribution >= 0.6 is 0 Å². The molecule has 1 unspecified atom stereocenters. The Kier molecular flexibility index (Phi) is 4.04. The van der Waals surface area contributed by atoms with Crippen LogP contribution in [-0.4, -0.2) is 29.7 Å². The van der Waals surface area contributed by atoms with Crippen LogP contribution in [0, 0.1) is 23.2 Å². The number of hydrogen-bond donors (Lipinski definition) is 1. The molecule has 27 heavy (non-hydrogen) atoms. The van der Waals surface area contributed by atoms with Crippen LogP contribution in [0.15, 0.2) is 23.3 Å². The van der Waals surface area contributed by atoms with Crippen molar-refractivity contribution in [3.8, 4) is 0 Å². The minimum Gasteiger partial charge on any atom is -0.371 e. The first kappa shape index (κ1) is 19.2. The van der Waals surface area contributed by atoms with Gasteiger partial charge in [-0.15, -0.1) is 0 Å². The number of aliphatic hydroxyl groups is 1. The van der Waals surface area contributed by atoms with Gasteiger partial charge in [0.05, 0.1) is 0 Å². The van der Waals surface area contributed by atoms with Gasteiger partial charge in [0.15, 0.2) is 4.93 Å². The number of fused-ring (bicyclic) bond motifs is 5. The summed E-state index contributed by atoms with van der Waals surface area (Å²) in [5, 5.41) is 10.3. The maximum atomic E-state index is 13.0. The second kappa shape index (κ2) is 5.69. The Morgan fingerprint density at radius 3 is 2.56 bits per heavy atom. The van der Waals surface area contributed by atoms with Gasteiger partial charge in [-0.1, -0.05) is 13.0 Å². The van der Waals surface area contributed by atoms with Gasteiger partial charge in [0.1, 0.15) is 5.78 Å². The fourth-order valence-corrected chi connectivity index (χ4v) is 6.97. The molecular weight excluding hydrogens is 381 g/mol. The van der Waals surface area contributed by atoms with Gasteiger partial charge >= 0.3 is 5.51 Å². The molecule has 8 heteroatoms. The molecule has 0 heterocycles. The van der Waals surface area contributed by atoms with Gasteiger partial charge in [-0.05, 0) is 67.1 Å². The summed E-state index contributed by atoms with van der Waals surface area (Å²) in [6, 6.07) is 0. The van der Waals surface area contributed by atoms with Crippen LogP contribution in [0.3, 0.4) is 0 Å². The molecule has 0 aromatic carbocycles. The monoisotopic (exact) mass is 404 g/mol. The number of allylic oxidation sites excluding steroid dienone is 2. The quantitative estimate of drug-likeness (QED) is 0.724. The molecule has 4 aliphatic carbocycles. The smallest absolute Gasteiger partial charge is 0.371 e. The molecule has 0 saturated heterocycles. The molecular formula is C19H23F3O4S. The third kappa shape index (κ3) is 2.51. The lowest BCUT2D eigenvalue weighted by Gasteiger charge is -2.50. The minimum absolute atomic E-state index is 0.132. The van der Waals surface area contributed by atoms with Crippen molar-refractivity contribution in [1.82, 2.24) is 0 Å². The molecule has 4 aliphatic rings. The summed E-state index contributed by atoms with van der Waals surface area (Å²) >= 11 is 0. The van der Waals surface area contributed by atoms with Gasteiger partial charge in [0.25, 0.3) is 9.84 Å². The van der Waals surface area contributed by atoms with Gasteiger partial charge in [0.2, 0.25) is 0 Å². The van der Waals surface area contributed by atoms with E-state index in [0.29, 0.717) is 36.5 Å². The van der Waals surface area contributed by atoms with Crippen molar-refractivity contribution in [3.05, 3.63) is 23.3 Å². The third-order valence-corrected chi connectivity index (χ3v) is 9.27. The molecule has 4 rings (SSSR count). The van der Waals surface area contributed by atoms with E-state index in [-0.39, 0.29) is 17.3 Å². The predicted molar refractivity (Wildman–Crippen MR) is 92.0 cm³/mol. The second-order valence-electron chi connectivity index (χ2n) is 8.66. The summed E-state index contributed by atoms with van der Waals surface area (Å²) in [6.45, 7) is 2.04. The highest BCUT2D eigenvalue weighted by Crippen LogP contribution is 2.60. The first-order valence-electron chi connectivity index (χ1n) is 9.39. The molecule has 3 fully saturated rings. The van der Waals surface area contributed by atoms with Crippen molar-refractivity contribution in [2.24, 2.45) is 23.2 Å². The largest absolute Gasteiger partial charge is 0.500 e. The fourth-order valence-electron chi connectivity index (χ4n) is 5.96. The number of hydrogen-bond acceptors (Lipinski definition) is 4. The highest BCUT2D eigenvalue weighted by Gasteiger charge is 2.60. The van der Waals surface area contributed by atoms with Gasteiger partial charge in [0, 0.05) is 18.3 Å². The second-order valence-corrected chi connectivity index (χ2v) is 10.8. The first-order valence-corrected chi connectivity index (χ1v) is 10.9. The van der Waals surface area contributed by atoms with Crippen LogP contribution in [0.4, 0.5) is 13.2 Å². The van der Waals surface area contributed by atoms with Crippen molar-refractivity contribution in [3.63, 3.8) is 0 Å². The average molecular weight is 404 g/mol. The number of halogens is 3. The van der Waals surface area contributed by atoms with Gasteiger partial charge < -0.3 is 5.11 Å². The first-order chi connectivity index (χ1) is 12.4. The van der Waals surface area contributed by atoms with Crippen molar-refractivity contribution >= 4 is 15.6 Å². The van der Waals surface area contributed by atoms with E-state index >= 15 is 0 Å². The Morgan fingerprint density at radius 2 is 1.89 bits per heavy atom. The standard InChI is InChI=1S/C19H23F3O4S/c1-17-8-6-13-12-7-9-18(24,27(25,26)19(20,21)22)10-11(12)2-3-14(13)15(17)4-5-16(17)23/h7,10,13-15,24H,2-6,8-9H2,1H3/t13-,14-,15+,17+,18?/m1/s1. The van der Waals surface area contributed by atoms with Crippen LogP contribution in [0.1, 0.15) is 51.9 Å². The topological polar surface area (TPSA) is 71.4 Å². The Hall–Kier alpha value is -1.15. The molecule has 0 spiro atoms. The molecule has 4 nitrogen and oxygen atoms in total. The van der Waals surface area contributed by atoms with E-state index in [2.05, 4.69) is 0 Å². The maximum absolute atomic E-state index is 13.0. The summed E-state index contributed by atoms with van der Waals surface area (Å²) < 4.78 is 62.5. The molecule has 0 amide bonds. The Bertz CT molecular complexity index is 857. The highest BCUT2D eigenvalue weighted by atomic mass is 32.2.